The second-order valence-corrected chi connectivity index (χ2v) is 8.67. The predicted octanol–water partition coefficient (Wildman–Crippen LogP) is 5.05. The van der Waals surface area contributed by atoms with E-state index in [4.69, 9.17) is 8.85 Å². The second-order valence-electron chi connectivity index (χ2n) is 5.35. The minimum absolute atomic E-state index is 0.176. The molecule has 18 heavy (non-hydrogen) atoms. The Morgan fingerprint density at radius 3 is 2.33 bits per heavy atom. The molecule has 0 saturated carbocycles. The van der Waals surface area contributed by atoms with E-state index in [1.165, 1.54) is 25.7 Å². The van der Waals surface area contributed by atoms with Gasteiger partial charge in [0.1, 0.15) is 0 Å². The van der Waals surface area contributed by atoms with Gasteiger partial charge in [-0.25, -0.2) is 0 Å². The van der Waals surface area contributed by atoms with Gasteiger partial charge in [0.25, 0.3) is 0 Å². The van der Waals surface area contributed by atoms with E-state index in [9.17, 15) is 0 Å². The van der Waals surface area contributed by atoms with Gasteiger partial charge in [-0.3, -0.25) is 0 Å². The topological polar surface area (TPSA) is 18.5 Å². The Bertz CT molecular complexity index is 215. The Morgan fingerprint density at radius 1 is 1.06 bits per heavy atom. The van der Waals surface area contributed by atoms with Crippen molar-refractivity contribution in [2.75, 3.05) is 6.61 Å². The van der Waals surface area contributed by atoms with Gasteiger partial charge >= 0.3 is 8.56 Å². The molecule has 0 aromatic rings. The van der Waals surface area contributed by atoms with Crippen LogP contribution >= 0.6 is 0 Å². The molecule has 3 heteroatoms. The third kappa shape index (κ3) is 11.0. The number of allylic oxidation sites excluding steroid dienone is 1. The molecule has 0 rings (SSSR count). The smallest absolute Gasteiger partial charge is 0.332 e. The lowest BCUT2D eigenvalue weighted by Crippen LogP contribution is -2.38. The first-order valence-corrected chi connectivity index (χ1v) is 10.3. The lowest BCUT2D eigenvalue weighted by atomic mass is 10.2. The molecule has 0 aliphatic rings. The molecule has 1 unspecified atom stereocenters. The van der Waals surface area contributed by atoms with Crippen molar-refractivity contribution >= 4 is 8.56 Å². The summed E-state index contributed by atoms with van der Waals surface area (Å²) in [5.74, 6) is 0. The Labute approximate surface area is 115 Å². The molecule has 0 fully saturated rings. The maximum atomic E-state index is 6.03. The predicted molar refractivity (Wildman–Crippen MR) is 82.2 cm³/mol. The van der Waals surface area contributed by atoms with Crippen molar-refractivity contribution in [1.82, 2.24) is 0 Å². The van der Waals surface area contributed by atoms with Crippen LogP contribution in [-0.4, -0.2) is 21.3 Å². The van der Waals surface area contributed by atoms with Crippen LogP contribution in [0.25, 0.3) is 0 Å². The molecule has 0 aliphatic heterocycles. The summed E-state index contributed by atoms with van der Waals surface area (Å²) in [4.78, 5) is 0. The normalized spacial score (nSPS) is 14.3. The van der Waals surface area contributed by atoms with Crippen LogP contribution < -0.4 is 0 Å². The summed E-state index contributed by atoms with van der Waals surface area (Å²) in [6, 6.07) is 0. The molecule has 0 radical (unpaired) electrons. The first-order valence-electron chi connectivity index (χ1n) is 7.50. The van der Waals surface area contributed by atoms with Crippen LogP contribution in [0, 0.1) is 0 Å². The summed E-state index contributed by atoms with van der Waals surface area (Å²) in [7, 11) is -1.94. The highest BCUT2D eigenvalue weighted by molar-refractivity contribution is 6.64. The van der Waals surface area contributed by atoms with E-state index >= 15 is 0 Å². The second kappa shape index (κ2) is 10.8. The first kappa shape index (κ1) is 17.9. The molecule has 2 nitrogen and oxygen atoms in total. The van der Waals surface area contributed by atoms with Crippen LogP contribution in [0.15, 0.2) is 12.2 Å². The van der Waals surface area contributed by atoms with Crippen LogP contribution in [0.1, 0.15) is 59.3 Å². The van der Waals surface area contributed by atoms with Crippen LogP contribution in [0.2, 0.25) is 13.1 Å². The van der Waals surface area contributed by atoms with Gasteiger partial charge in [-0.05, 0) is 32.9 Å². The molecular formula is C15H32O2Si. The van der Waals surface area contributed by atoms with E-state index in [0.717, 1.165) is 19.4 Å². The number of hydrogen-bond donors (Lipinski definition) is 0. The van der Waals surface area contributed by atoms with Crippen LogP contribution in [0.5, 0.6) is 0 Å². The van der Waals surface area contributed by atoms with Crippen molar-refractivity contribution in [3.63, 3.8) is 0 Å². The maximum Gasteiger partial charge on any atom is 0.332 e. The highest BCUT2D eigenvalue weighted by Crippen LogP contribution is 2.12. The van der Waals surface area contributed by atoms with E-state index < -0.39 is 8.56 Å². The van der Waals surface area contributed by atoms with Crippen molar-refractivity contribution in [2.24, 2.45) is 0 Å². The minimum atomic E-state index is -1.94. The van der Waals surface area contributed by atoms with E-state index in [2.05, 4.69) is 46.0 Å². The molecule has 0 bridgehead atoms. The molecule has 0 heterocycles. The fourth-order valence-electron chi connectivity index (χ4n) is 1.80. The van der Waals surface area contributed by atoms with Crippen molar-refractivity contribution in [3.05, 3.63) is 12.2 Å². The lowest BCUT2D eigenvalue weighted by Gasteiger charge is -2.25. The Balaban J connectivity index is 3.80. The van der Waals surface area contributed by atoms with Crippen molar-refractivity contribution in [3.8, 4) is 0 Å². The highest BCUT2D eigenvalue weighted by Gasteiger charge is 2.25. The Kier molecular flexibility index (Phi) is 10.7. The largest absolute Gasteiger partial charge is 0.394 e. The lowest BCUT2D eigenvalue weighted by molar-refractivity contribution is 0.153. The first-order chi connectivity index (χ1) is 8.52. The number of rotatable bonds is 11. The summed E-state index contributed by atoms with van der Waals surface area (Å²) in [6.07, 6.45) is 11.9. The van der Waals surface area contributed by atoms with Gasteiger partial charge in [0.15, 0.2) is 0 Å². The van der Waals surface area contributed by atoms with Crippen LogP contribution in [-0.2, 0) is 8.85 Å². The standard InChI is InChI=1S/C15H32O2Si/c1-6-8-10-11-13-15(3)17-18(4,5)16-14-12-9-7-2/h11,13,15H,6-10,12,14H2,1-5H3/b13-11+. The molecule has 0 aromatic carbocycles. The molecule has 108 valence electrons. The summed E-state index contributed by atoms with van der Waals surface area (Å²) < 4.78 is 11.9. The van der Waals surface area contributed by atoms with Crippen molar-refractivity contribution < 1.29 is 8.85 Å². The molecule has 0 amide bonds. The monoisotopic (exact) mass is 272 g/mol. The molecule has 0 aromatic heterocycles. The zero-order valence-corrected chi connectivity index (χ0v) is 14.0. The Morgan fingerprint density at radius 2 is 1.72 bits per heavy atom. The SMILES string of the molecule is CCCC/C=C/C(C)O[Si](C)(C)OCCCCC. The summed E-state index contributed by atoms with van der Waals surface area (Å²) in [6.45, 7) is 11.6. The van der Waals surface area contributed by atoms with E-state index in [0.29, 0.717) is 0 Å². The van der Waals surface area contributed by atoms with Gasteiger partial charge in [-0.15, -0.1) is 0 Å². The van der Waals surface area contributed by atoms with Gasteiger partial charge in [-0.2, -0.15) is 0 Å². The van der Waals surface area contributed by atoms with Gasteiger partial charge in [0.05, 0.1) is 6.10 Å². The number of unbranched alkanes of at least 4 members (excludes halogenated alkanes) is 4. The van der Waals surface area contributed by atoms with E-state index in [1.807, 2.05) is 0 Å². The summed E-state index contributed by atoms with van der Waals surface area (Å²) in [5.41, 5.74) is 0. The van der Waals surface area contributed by atoms with Gasteiger partial charge in [0, 0.05) is 6.61 Å². The zero-order valence-electron chi connectivity index (χ0n) is 13.0. The highest BCUT2D eigenvalue weighted by atomic mass is 28.4. The van der Waals surface area contributed by atoms with Crippen molar-refractivity contribution in [2.45, 2.75) is 78.5 Å². The molecular weight excluding hydrogens is 240 g/mol. The molecule has 0 N–H and O–H groups in total. The van der Waals surface area contributed by atoms with Crippen LogP contribution in [0.3, 0.4) is 0 Å². The van der Waals surface area contributed by atoms with Crippen molar-refractivity contribution in [1.29, 1.82) is 0 Å². The molecule has 0 spiro atoms. The fraction of sp³-hybridized carbons (Fsp3) is 0.867. The third-order valence-corrected chi connectivity index (χ3v) is 4.64. The molecule has 0 saturated heterocycles. The zero-order chi connectivity index (χ0) is 13.9. The average molecular weight is 273 g/mol. The van der Waals surface area contributed by atoms with E-state index in [1.54, 1.807) is 0 Å². The van der Waals surface area contributed by atoms with Crippen LogP contribution in [0.4, 0.5) is 0 Å². The summed E-state index contributed by atoms with van der Waals surface area (Å²) >= 11 is 0. The molecule has 1 atom stereocenters. The minimum Gasteiger partial charge on any atom is -0.394 e. The Hall–Kier alpha value is -0.123. The quantitative estimate of drug-likeness (QED) is 0.298. The van der Waals surface area contributed by atoms with Gasteiger partial charge < -0.3 is 8.85 Å². The number of hydrogen-bond acceptors (Lipinski definition) is 2. The third-order valence-electron chi connectivity index (χ3n) is 2.80. The molecule has 0 aliphatic carbocycles. The average Bonchev–Trinajstić information content (AvgIpc) is 2.30. The van der Waals surface area contributed by atoms with E-state index in [-0.39, 0.29) is 6.10 Å². The fourth-order valence-corrected chi connectivity index (χ4v) is 3.48. The van der Waals surface area contributed by atoms with Gasteiger partial charge in [-0.1, -0.05) is 51.7 Å². The maximum absolute atomic E-state index is 6.03. The summed E-state index contributed by atoms with van der Waals surface area (Å²) in [5, 5.41) is 0. The van der Waals surface area contributed by atoms with Gasteiger partial charge in [0.2, 0.25) is 0 Å².